The molecule has 2 aliphatic rings. The van der Waals surface area contributed by atoms with Gasteiger partial charge in [-0.3, -0.25) is 0 Å². The van der Waals surface area contributed by atoms with Gasteiger partial charge >= 0.3 is 0 Å². The van der Waals surface area contributed by atoms with Crippen LogP contribution in [0.25, 0.3) is 5.69 Å². The van der Waals surface area contributed by atoms with Crippen molar-refractivity contribution in [3.63, 3.8) is 0 Å². The first-order chi connectivity index (χ1) is 9.39. The lowest BCUT2D eigenvalue weighted by Crippen LogP contribution is -2.46. The highest BCUT2D eigenvalue weighted by molar-refractivity contribution is 8.93. The molecule has 1 saturated carbocycles. The Morgan fingerprint density at radius 2 is 1.95 bits per heavy atom. The minimum Gasteiger partial charge on any atom is -0.316 e. The summed E-state index contributed by atoms with van der Waals surface area (Å²) in [6.07, 6.45) is 10.2. The van der Waals surface area contributed by atoms with Gasteiger partial charge in [0.15, 0.2) is 5.82 Å². The normalized spacial score (nSPS) is 19.2. The Morgan fingerprint density at radius 3 is 2.80 bits per heavy atom. The lowest BCUT2D eigenvalue weighted by molar-refractivity contribution is 0.242. The minimum absolute atomic E-state index is 0. The molecule has 0 amide bonds. The van der Waals surface area contributed by atoms with Crippen molar-refractivity contribution in [1.29, 1.82) is 0 Å². The maximum atomic E-state index is 4.44. The topological polar surface area (TPSA) is 41.9 Å². The monoisotopic (exact) mass is 334 g/mol. The molecule has 4 rings (SSSR count). The van der Waals surface area contributed by atoms with Crippen molar-refractivity contribution in [2.75, 3.05) is 5.43 Å². The third kappa shape index (κ3) is 1.96. The number of aromatic nitrogens is 2. The van der Waals surface area contributed by atoms with Gasteiger partial charge in [-0.15, -0.1) is 17.0 Å². The van der Waals surface area contributed by atoms with Crippen LogP contribution in [0.1, 0.15) is 37.8 Å². The largest absolute Gasteiger partial charge is 0.316 e. The van der Waals surface area contributed by atoms with E-state index in [0.717, 1.165) is 11.5 Å². The number of rotatable bonds is 0. The second-order valence-corrected chi connectivity index (χ2v) is 5.53. The van der Waals surface area contributed by atoms with E-state index < -0.39 is 0 Å². The number of hydrogen-bond acceptors (Lipinski definition) is 3. The predicted molar refractivity (Wildman–Crippen MR) is 85.4 cm³/mol. The quantitative estimate of drug-likeness (QED) is 0.774. The minimum atomic E-state index is 0. The zero-order chi connectivity index (χ0) is 12.7. The summed E-state index contributed by atoms with van der Waals surface area (Å²) < 4.78 is 2.28. The van der Waals surface area contributed by atoms with Crippen LogP contribution in [0.5, 0.6) is 0 Å². The molecule has 106 valence electrons. The highest BCUT2D eigenvalue weighted by Gasteiger charge is 2.38. The summed E-state index contributed by atoms with van der Waals surface area (Å²) in [6.45, 7) is 0. The van der Waals surface area contributed by atoms with Crippen LogP contribution in [0, 0.1) is 0 Å². The van der Waals surface area contributed by atoms with Gasteiger partial charge in [-0.05, 0) is 37.1 Å². The smallest absolute Gasteiger partial charge is 0.164 e. The Balaban J connectivity index is 0.00000121. The van der Waals surface area contributed by atoms with E-state index in [9.17, 15) is 0 Å². The van der Waals surface area contributed by atoms with E-state index in [2.05, 4.69) is 44.8 Å². The fraction of sp³-hybridized carbons (Fsp3) is 0.400. The standard InChI is InChI=1S/C15H18N4.BrH/c1-2-8-15(9-3-1)13-7-5-11-19(13)12-6-4-10-16-14(12)17-18-15;/h4-7,10-11,18H,1-3,8-9H2,(H,16,17);1H. The van der Waals surface area contributed by atoms with Gasteiger partial charge in [0.1, 0.15) is 0 Å². The molecule has 4 nitrogen and oxygen atoms in total. The van der Waals surface area contributed by atoms with Crippen LogP contribution in [0.4, 0.5) is 5.82 Å². The van der Waals surface area contributed by atoms with Gasteiger partial charge in [-0.25, -0.2) is 10.4 Å². The number of hydrogen-bond donors (Lipinski definition) is 2. The molecule has 0 saturated heterocycles. The highest BCUT2D eigenvalue weighted by Crippen LogP contribution is 2.40. The molecule has 1 aliphatic carbocycles. The maximum Gasteiger partial charge on any atom is 0.164 e. The molecule has 2 N–H and O–H groups in total. The fourth-order valence-corrected chi connectivity index (χ4v) is 3.45. The van der Waals surface area contributed by atoms with Gasteiger partial charge in [0.2, 0.25) is 0 Å². The molecule has 2 aromatic rings. The van der Waals surface area contributed by atoms with Gasteiger partial charge < -0.3 is 9.99 Å². The van der Waals surface area contributed by atoms with E-state index >= 15 is 0 Å². The molecule has 2 aromatic heterocycles. The molecule has 0 aromatic carbocycles. The van der Waals surface area contributed by atoms with Crippen molar-refractivity contribution in [3.8, 4) is 5.69 Å². The van der Waals surface area contributed by atoms with Crippen molar-refractivity contribution in [2.24, 2.45) is 0 Å². The zero-order valence-corrected chi connectivity index (χ0v) is 13.0. The van der Waals surface area contributed by atoms with Gasteiger partial charge in [0, 0.05) is 18.1 Å². The Labute approximate surface area is 129 Å². The number of nitrogens with zero attached hydrogens (tertiary/aromatic N) is 2. The number of pyridine rings is 1. The average Bonchev–Trinajstić information content (AvgIpc) is 2.92. The van der Waals surface area contributed by atoms with E-state index in [0.29, 0.717) is 0 Å². The summed E-state index contributed by atoms with van der Waals surface area (Å²) >= 11 is 0. The van der Waals surface area contributed by atoms with Gasteiger partial charge in [-0.1, -0.05) is 19.3 Å². The van der Waals surface area contributed by atoms with Crippen LogP contribution in [0.3, 0.4) is 0 Å². The van der Waals surface area contributed by atoms with E-state index in [1.54, 1.807) is 0 Å². The lowest BCUT2D eigenvalue weighted by Gasteiger charge is -2.37. The molecule has 0 atom stereocenters. The van der Waals surface area contributed by atoms with Crippen LogP contribution in [-0.4, -0.2) is 9.55 Å². The summed E-state index contributed by atoms with van der Waals surface area (Å²) in [5.74, 6) is 0.905. The molecule has 20 heavy (non-hydrogen) atoms. The summed E-state index contributed by atoms with van der Waals surface area (Å²) in [5, 5.41) is 0. The number of nitrogens with one attached hydrogen (secondary N) is 2. The Hall–Kier alpha value is -1.33. The van der Waals surface area contributed by atoms with E-state index in [1.165, 1.54) is 37.8 Å². The summed E-state index contributed by atoms with van der Waals surface area (Å²) in [5.41, 5.74) is 9.42. The molecule has 1 spiro atoms. The van der Waals surface area contributed by atoms with Gasteiger partial charge in [-0.2, -0.15) is 0 Å². The number of fused-ring (bicyclic) bond motifs is 4. The molecule has 3 heterocycles. The average molecular weight is 335 g/mol. The third-order valence-electron chi connectivity index (χ3n) is 4.41. The summed E-state index contributed by atoms with van der Waals surface area (Å²) in [4.78, 5) is 4.44. The van der Waals surface area contributed by atoms with E-state index in [-0.39, 0.29) is 22.5 Å². The molecule has 5 heteroatoms. The van der Waals surface area contributed by atoms with E-state index in [4.69, 9.17) is 0 Å². The Bertz CT molecular complexity index is 601. The summed E-state index contributed by atoms with van der Waals surface area (Å²) in [7, 11) is 0. The molecule has 0 unspecified atom stereocenters. The van der Waals surface area contributed by atoms with Crippen molar-refractivity contribution in [3.05, 3.63) is 42.4 Å². The molecule has 0 radical (unpaired) electrons. The number of halogens is 1. The Morgan fingerprint density at radius 1 is 1.10 bits per heavy atom. The van der Waals surface area contributed by atoms with Crippen molar-refractivity contribution < 1.29 is 0 Å². The van der Waals surface area contributed by atoms with Crippen molar-refractivity contribution in [1.82, 2.24) is 15.0 Å². The number of anilines is 1. The van der Waals surface area contributed by atoms with Gasteiger partial charge in [0.25, 0.3) is 0 Å². The molecular weight excluding hydrogens is 316 g/mol. The zero-order valence-electron chi connectivity index (χ0n) is 11.3. The first-order valence-corrected chi connectivity index (χ1v) is 7.06. The summed E-state index contributed by atoms with van der Waals surface area (Å²) in [6, 6.07) is 8.48. The molecule has 1 aliphatic heterocycles. The van der Waals surface area contributed by atoms with Crippen LogP contribution >= 0.6 is 17.0 Å². The van der Waals surface area contributed by atoms with Crippen LogP contribution in [-0.2, 0) is 5.54 Å². The fourth-order valence-electron chi connectivity index (χ4n) is 3.45. The second-order valence-electron chi connectivity index (χ2n) is 5.53. The lowest BCUT2D eigenvalue weighted by atomic mass is 9.80. The first-order valence-electron chi connectivity index (χ1n) is 7.06. The first kappa shape index (κ1) is 13.6. The van der Waals surface area contributed by atoms with E-state index in [1.807, 2.05) is 12.3 Å². The third-order valence-corrected chi connectivity index (χ3v) is 4.41. The van der Waals surface area contributed by atoms with Crippen LogP contribution in [0.2, 0.25) is 0 Å². The molecule has 1 fully saturated rings. The van der Waals surface area contributed by atoms with Crippen LogP contribution in [0.15, 0.2) is 36.7 Å². The number of hydrazine groups is 1. The molecular formula is C15H19BrN4. The Kier molecular flexibility index (Phi) is 3.56. The predicted octanol–water partition coefficient (Wildman–Crippen LogP) is 3.54. The van der Waals surface area contributed by atoms with Gasteiger partial charge in [0.05, 0.1) is 11.2 Å². The van der Waals surface area contributed by atoms with Crippen molar-refractivity contribution in [2.45, 2.75) is 37.6 Å². The molecule has 0 bridgehead atoms. The maximum absolute atomic E-state index is 4.44. The van der Waals surface area contributed by atoms with Crippen molar-refractivity contribution >= 4 is 22.8 Å². The second kappa shape index (κ2) is 5.22. The van der Waals surface area contributed by atoms with Crippen LogP contribution < -0.4 is 10.9 Å². The SMILES string of the molecule is Br.c1cnc2c(c1)-n1cccc1C1(CCCCC1)NN2. The highest BCUT2D eigenvalue weighted by atomic mass is 79.9.